The maximum atomic E-state index is 5.91. The van der Waals surface area contributed by atoms with Crippen molar-refractivity contribution in [1.29, 1.82) is 0 Å². The Morgan fingerprint density at radius 3 is 2.07 bits per heavy atom. The molecular weight excluding hydrogens is 186 g/mol. The van der Waals surface area contributed by atoms with Crippen LogP contribution in [0, 0.1) is 10.8 Å². The van der Waals surface area contributed by atoms with E-state index in [1.165, 1.54) is 6.42 Å². The Labute approximate surface area is 93.7 Å². The number of hydrogen-bond acceptors (Lipinski definition) is 1. The minimum Gasteiger partial charge on any atom is -0.370 e. The Balaban J connectivity index is 2.54. The summed E-state index contributed by atoms with van der Waals surface area (Å²) in [4.78, 5) is 6.64. The van der Waals surface area contributed by atoms with Crippen LogP contribution in [0.15, 0.2) is 4.99 Å². The van der Waals surface area contributed by atoms with E-state index in [0.29, 0.717) is 0 Å². The smallest absolute Gasteiger partial charge is 0.191 e. The van der Waals surface area contributed by atoms with Crippen molar-refractivity contribution in [2.45, 2.75) is 41.0 Å². The van der Waals surface area contributed by atoms with Crippen LogP contribution in [0.4, 0.5) is 0 Å². The fourth-order valence-corrected chi connectivity index (χ4v) is 1.16. The molecule has 88 valence electrons. The largest absolute Gasteiger partial charge is 0.370 e. The summed E-state index contributed by atoms with van der Waals surface area (Å²) >= 11 is 0. The standard InChI is InChI=1S/C12H25N3/c1-11(2,3)12(4,5)9-14-10(13)15-7-6-8-15/h6-9H2,1-5H3,(H2,13,14). The van der Waals surface area contributed by atoms with Crippen molar-refractivity contribution in [3.63, 3.8) is 0 Å². The van der Waals surface area contributed by atoms with E-state index in [1.54, 1.807) is 0 Å². The average molecular weight is 211 g/mol. The Bertz CT molecular complexity index is 244. The molecule has 3 heteroatoms. The summed E-state index contributed by atoms with van der Waals surface area (Å²) in [7, 11) is 0. The molecule has 0 aliphatic carbocycles. The van der Waals surface area contributed by atoms with Crippen molar-refractivity contribution in [3.8, 4) is 0 Å². The van der Waals surface area contributed by atoms with Gasteiger partial charge in [0.25, 0.3) is 0 Å². The van der Waals surface area contributed by atoms with Gasteiger partial charge in [0.1, 0.15) is 0 Å². The normalized spacial score (nSPS) is 19.0. The van der Waals surface area contributed by atoms with Gasteiger partial charge in [-0.05, 0) is 17.3 Å². The molecule has 0 aromatic rings. The number of nitrogens with zero attached hydrogens (tertiary/aromatic N) is 2. The van der Waals surface area contributed by atoms with Gasteiger partial charge in [-0.2, -0.15) is 0 Å². The molecule has 0 atom stereocenters. The fourth-order valence-electron chi connectivity index (χ4n) is 1.16. The van der Waals surface area contributed by atoms with E-state index in [-0.39, 0.29) is 10.8 Å². The van der Waals surface area contributed by atoms with Crippen molar-refractivity contribution in [3.05, 3.63) is 0 Å². The third-order valence-electron chi connectivity index (χ3n) is 3.85. The molecule has 1 heterocycles. The zero-order valence-electron chi connectivity index (χ0n) is 10.8. The molecule has 1 aliphatic rings. The minimum atomic E-state index is 0.183. The van der Waals surface area contributed by atoms with E-state index in [4.69, 9.17) is 5.73 Å². The summed E-state index contributed by atoms with van der Waals surface area (Å²) < 4.78 is 0. The van der Waals surface area contributed by atoms with Gasteiger partial charge in [-0.25, -0.2) is 0 Å². The van der Waals surface area contributed by atoms with Crippen molar-refractivity contribution < 1.29 is 0 Å². The van der Waals surface area contributed by atoms with E-state index in [2.05, 4.69) is 44.5 Å². The van der Waals surface area contributed by atoms with Crippen LogP contribution >= 0.6 is 0 Å². The predicted molar refractivity (Wildman–Crippen MR) is 65.9 cm³/mol. The van der Waals surface area contributed by atoms with Gasteiger partial charge in [0.15, 0.2) is 5.96 Å². The van der Waals surface area contributed by atoms with E-state index >= 15 is 0 Å². The first kappa shape index (κ1) is 12.3. The number of hydrogen-bond donors (Lipinski definition) is 1. The molecule has 1 rings (SSSR count). The fraction of sp³-hybridized carbons (Fsp3) is 0.917. The number of likely N-dealkylation sites (tertiary alicyclic amines) is 1. The van der Waals surface area contributed by atoms with Gasteiger partial charge in [0.05, 0.1) is 0 Å². The highest BCUT2D eigenvalue weighted by atomic mass is 15.3. The van der Waals surface area contributed by atoms with Crippen LogP contribution in [0.5, 0.6) is 0 Å². The quantitative estimate of drug-likeness (QED) is 0.561. The van der Waals surface area contributed by atoms with Crippen LogP contribution in [0.1, 0.15) is 41.0 Å². The molecule has 15 heavy (non-hydrogen) atoms. The zero-order valence-corrected chi connectivity index (χ0v) is 10.8. The summed E-state index contributed by atoms with van der Waals surface area (Å²) in [6.45, 7) is 14.2. The van der Waals surface area contributed by atoms with Crippen LogP contribution in [0.2, 0.25) is 0 Å². The average Bonchev–Trinajstić information content (AvgIpc) is 1.95. The molecule has 0 amide bonds. The lowest BCUT2D eigenvalue weighted by Crippen LogP contribution is -2.47. The van der Waals surface area contributed by atoms with Crippen LogP contribution in [0.25, 0.3) is 0 Å². The molecule has 1 fully saturated rings. The number of guanidine groups is 1. The van der Waals surface area contributed by atoms with E-state index in [0.717, 1.165) is 25.6 Å². The summed E-state index contributed by atoms with van der Waals surface area (Å²) in [6, 6.07) is 0. The predicted octanol–water partition coefficient (Wildman–Crippen LogP) is 2.08. The molecule has 1 aliphatic heterocycles. The van der Waals surface area contributed by atoms with Gasteiger partial charge in [-0.15, -0.1) is 0 Å². The second-order valence-electron chi connectivity index (χ2n) is 6.15. The van der Waals surface area contributed by atoms with Crippen LogP contribution in [0.3, 0.4) is 0 Å². The van der Waals surface area contributed by atoms with Crippen LogP contribution in [-0.4, -0.2) is 30.5 Å². The van der Waals surface area contributed by atoms with Gasteiger partial charge in [-0.1, -0.05) is 34.6 Å². The van der Waals surface area contributed by atoms with Crippen molar-refractivity contribution in [2.75, 3.05) is 19.6 Å². The van der Waals surface area contributed by atoms with Crippen molar-refractivity contribution in [1.82, 2.24) is 4.90 Å². The van der Waals surface area contributed by atoms with E-state index in [1.807, 2.05) is 0 Å². The summed E-state index contributed by atoms with van der Waals surface area (Å²) in [5, 5.41) is 0. The van der Waals surface area contributed by atoms with Gasteiger partial charge in [0.2, 0.25) is 0 Å². The molecule has 0 unspecified atom stereocenters. The summed E-state index contributed by atoms with van der Waals surface area (Å²) in [6.07, 6.45) is 1.25. The Kier molecular flexibility index (Phi) is 3.31. The molecule has 0 radical (unpaired) electrons. The molecule has 1 saturated heterocycles. The molecule has 0 bridgehead atoms. The van der Waals surface area contributed by atoms with Gasteiger partial charge in [0, 0.05) is 19.6 Å². The zero-order chi connectivity index (χ0) is 11.7. The highest BCUT2D eigenvalue weighted by Crippen LogP contribution is 2.37. The second-order valence-corrected chi connectivity index (χ2v) is 6.15. The van der Waals surface area contributed by atoms with Gasteiger partial charge < -0.3 is 10.6 Å². The number of nitrogens with two attached hydrogens (primary N) is 1. The first-order chi connectivity index (χ1) is 6.74. The SMILES string of the molecule is CC(C)(C)C(C)(C)CN=C(N)N1CCC1. The molecule has 0 aromatic carbocycles. The summed E-state index contributed by atoms with van der Waals surface area (Å²) in [5.41, 5.74) is 6.34. The van der Waals surface area contributed by atoms with Gasteiger partial charge >= 0.3 is 0 Å². The minimum absolute atomic E-state index is 0.183. The Morgan fingerprint density at radius 2 is 1.73 bits per heavy atom. The van der Waals surface area contributed by atoms with E-state index < -0.39 is 0 Å². The van der Waals surface area contributed by atoms with Crippen molar-refractivity contribution in [2.24, 2.45) is 21.6 Å². The number of aliphatic imine (C=N–C) groups is 1. The lowest BCUT2D eigenvalue weighted by atomic mass is 9.69. The maximum Gasteiger partial charge on any atom is 0.191 e. The van der Waals surface area contributed by atoms with Crippen LogP contribution < -0.4 is 5.73 Å². The molecular formula is C12H25N3. The third-order valence-corrected chi connectivity index (χ3v) is 3.85. The highest BCUT2D eigenvalue weighted by molar-refractivity contribution is 5.78. The lowest BCUT2D eigenvalue weighted by molar-refractivity contribution is 0.142. The van der Waals surface area contributed by atoms with Crippen LogP contribution in [-0.2, 0) is 0 Å². The van der Waals surface area contributed by atoms with E-state index in [9.17, 15) is 0 Å². The molecule has 3 nitrogen and oxygen atoms in total. The molecule has 0 saturated carbocycles. The maximum absolute atomic E-state index is 5.91. The monoisotopic (exact) mass is 211 g/mol. The first-order valence-corrected chi connectivity index (χ1v) is 5.79. The topological polar surface area (TPSA) is 41.6 Å². The highest BCUT2D eigenvalue weighted by Gasteiger charge is 2.32. The van der Waals surface area contributed by atoms with Gasteiger partial charge in [-0.3, -0.25) is 4.99 Å². The Hall–Kier alpha value is -0.730. The molecule has 2 N–H and O–H groups in total. The summed E-state index contributed by atoms with van der Waals surface area (Å²) in [5.74, 6) is 0.721. The molecule has 0 spiro atoms. The lowest BCUT2D eigenvalue weighted by Gasteiger charge is -2.38. The second kappa shape index (κ2) is 4.03. The number of rotatable bonds is 2. The Morgan fingerprint density at radius 1 is 1.20 bits per heavy atom. The molecule has 0 aromatic heterocycles. The first-order valence-electron chi connectivity index (χ1n) is 5.79. The van der Waals surface area contributed by atoms with Crippen molar-refractivity contribution >= 4 is 5.96 Å². The third kappa shape index (κ3) is 2.86.